The molecule has 0 spiro atoms. The fraction of sp³-hybridized carbons (Fsp3) is 0.348. The molecule has 0 saturated heterocycles. The highest BCUT2D eigenvalue weighted by molar-refractivity contribution is 7.09. The number of nitrogens with zero attached hydrogens (tertiary/aromatic N) is 2. The quantitative estimate of drug-likeness (QED) is 0.464. The molecule has 3 aromatic rings. The number of carbonyl (C=O) groups is 2. The van der Waals surface area contributed by atoms with E-state index in [1.165, 1.54) is 5.56 Å². The first-order valence-corrected chi connectivity index (χ1v) is 11.3. The Kier molecular flexibility index (Phi) is 7.83. The highest BCUT2D eigenvalue weighted by Gasteiger charge is 2.19. The van der Waals surface area contributed by atoms with Crippen molar-refractivity contribution in [2.75, 3.05) is 5.32 Å². The number of nitrogens with one attached hydrogen (secondary N) is 3. The summed E-state index contributed by atoms with van der Waals surface area (Å²) in [5.74, 6) is 0.845. The van der Waals surface area contributed by atoms with Gasteiger partial charge in [-0.1, -0.05) is 51.1 Å². The van der Waals surface area contributed by atoms with Gasteiger partial charge in [0, 0.05) is 10.9 Å². The summed E-state index contributed by atoms with van der Waals surface area (Å²) in [5.41, 5.74) is 2.38. The lowest BCUT2D eigenvalue weighted by atomic mass is 10.0. The lowest BCUT2D eigenvalue weighted by Crippen LogP contribution is -2.47. The van der Waals surface area contributed by atoms with Gasteiger partial charge in [0.25, 0.3) is 0 Å². The van der Waals surface area contributed by atoms with Crippen LogP contribution in [0.25, 0.3) is 0 Å². The van der Waals surface area contributed by atoms with Gasteiger partial charge in [-0.25, -0.2) is 9.48 Å². The number of aromatic nitrogens is 2. The first kappa shape index (κ1) is 22.6. The van der Waals surface area contributed by atoms with Crippen LogP contribution >= 0.6 is 11.3 Å². The van der Waals surface area contributed by atoms with Crippen molar-refractivity contribution in [2.24, 2.45) is 0 Å². The summed E-state index contributed by atoms with van der Waals surface area (Å²) in [5, 5.41) is 14.7. The van der Waals surface area contributed by atoms with Crippen LogP contribution in [0.2, 0.25) is 0 Å². The fourth-order valence-electron chi connectivity index (χ4n) is 3.12. The van der Waals surface area contributed by atoms with Gasteiger partial charge in [0.2, 0.25) is 5.91 Å². The summed E-state index contributed by atoms with van der Waals surface area (Å²) in [6.45, 7) is 7.18. The van der Waals surface area contributed by atoms with Crippen LogP contribution in [-0.4, -0.2) is 27.8 Å². The number of anilines is 1. The number of hydrogen-bond acceptors (Lipinski definition) is 4. The predicted octanol–water partition coefficient (Wildman–Crippen LogP) is 4.33. The summed E-state index contributed by atoms with van der Waals surface area (Å²) in [4.78, 5) is 26.0. The Balaban J connectivity index is 1.55. The normalized spacial score (nSPS) is 11.9. The van der Waals surface area contributed by atoms with E-state index < -0.39 is 12.1 Å². The van der Waals surface area contributed by atoms with E-state index in [9.17, 15) is 9.59 Å². The van der Waals surface area contributed by atoms with Crippen LogP contribution in [0.1, 0.15) is 49.1 Å². The summed E-state index contributed by atoms with van der Waals surface area (Å²) in [7, 11) is 0. The molecule has 1 aromatic carbocycles. The molecule has 0 aliphatic heterocycles. The molecule has 1 unspecified atom stereocenters. The number of carbonyl (C=O) groups excluding carboxylic acids is 2. The van der Waals surface area contributed by atoms with Crippen LogP contribution in [-0.2, 0) is 17.9 Å². The van der Waals surface area contributed by atoms with Crippen molar-refractivity contribution in [3.63, 3.8) is 0 Å². The third kappa shape index (κ3) is 6.42. The van der Waals surface area contributed by atoms with Crippen LogP contribution in [0.5, 0.6) is 0 Å². The molecule has 0 fully saturated rings. The average molecular weight is 440 g/mol. The van der Waals surface area contributed by atoms with Gasteiger partial charge in [0.15, 0.2) is 0 Å². The molecule has 3 N–H and O–H groups in total. The van der Waals surface area contributed by atoms with Gasteiger partial charge in [-0.2, -0.15) is 5.10 Å². The molecule has 7 nitrogen and oxygen atoms in total. The van der Waals surface area contributed by atoms with Crippen molar-refractivity contribution in [2.45, 2.75) is 52.2 Å². The highest BCUT2D eigenvalue weighted by Crippen LogP contribution is 2.16. The van der Waals surface area contributed by atoms with Crippen molar-refractivity contribution in [1.29, 1.82) is 0 Å². The van der Waals surface area contributed by atoms with Gasteiger partial charge < -0.3 is 10.6 Å². The molecule has 8 heteroatoms. The Morgan fingerprint density at radius 1 is 1.13 bits per heavy atom. The maximum Gasteiger partial charge on any atom is 0.321 e. The predicted molar refractivity (Wildman–Crippen MR) is 124 cm³/mol. The third-order valence-corrected chi connectivity index (χ3v) is 5.86. The monoisotopic (exact) mass is 439 g/mol. The van der Waals surface area contributed by atoms with E-state index in [4.69, 9.17) is 0 Å². The molecule has 2 aromatic heterocycles. The summed E-state index contributed by atoms with van der Waals surface area (Å²) in [6.07, 6.45) is 2.13. The third-order valence-electron chi connectivity index (χ3n) is 4.98. The van der Waals surface area contributed by atoms with Gasteiger partial charge in [0.05, 0.1) is 19.3 Å². The van der Waals surface area contributed by atoms with Gasteiger partial charge in [-0.15, -0.1) is 11.3 Å². The topological polar surface area (TPSA) is 88.1 Å². The molecule has 0 bridgehead atoms. The van der Waals surface area contributed by atoms with Crippen LogP contribution in [0, 0.1) is 0 Å². The number of rotatable bonds is 9. The van der Waals surface area contributed by atoms with Crippen LogP contribution in [0.3, 0.4) is 0 Å². The lowest BCUT2D eigenvalue weighted by Gasteiger charge is -2.17. The molecule has 31 heavy (non-hydrogen) atoms. The second-order valence-corrected chi connectivity index (χ2v) is 8.66. The standard InChI is InChI=1S/C23H29N5O2S/c1-4-20(22(29)24-14-19-6-5-13-31-19)26-23(30)27-21-11-12-25-28(21)15-17-7-9-18(10-8-17)16(2)3/h5-13,16,20H,4,14-15H2,1-3H3,(H,24,29)(H2,26,27,30). The number of hydrogen-bond donors (Lipinski definition) is 3. The van der Waals surface area contributed by atoms with Crippen LogP contribution in [0.4, 0.5) is 10.6 Å². The van der Waals surface area contributed by atoms with E-state index >= 15 is 0 Å². The zero-order valence-corrected chi connectivity index (χ0v) is 18.9. The maximum atomic E-state index is 12.5. The Labute approximate surface area is 186 Å². The first-order chi connectivity index (χ1) is 15.0. The molecule has 1 atom stereocenters. The van der Waals surface area contributed by atoms with Crippen molar-refractivity contribution in [3.8, 4) is 0 Å². The number of urea groups is 1. The lowest BCUT2D eigenvalue weighted by molar-refractivity contribution is -0.123. The molecule has 164 valence electrons. The Bertz CT molecular complexity index is 980. The number of benzene rings is 1. The minimum absolute atomic E-state index is 0.204. The summed E-state index contributed by atoms with van der Waals surface area (Å²) < 4.78 is 1.72. The summed E-state index contributed by atoms with van der Waals surface area (Å²) >= 11 is 1.58. The van der Waals surface area contributed by atoms with Crippen molar-refractivity contribution in [1.82, 2.24) is 20.4 Å². The minimum atomic E-state index is -0.611. The number of thiophene rings is 1. The van der Waals surface area contributed by atoms with Gasteiger partial charge in [-0.3, -0.25) is 10.1 Å². The molecule has 0 radical (unpaired) electrons. The van der Waals surface area contributed by atoms with Gasteiger partial charge >= 0.3 is 6.03 Å². The highest BCUT2D eigenvalue weighted by atomic mass is 32.1. The van der Waals surface area contributed by atoms with E-state index in [0.717, 1.165) is 10.4 Å². The molecular weight excluding hydrogens is 410 g/mol. The van der Waals surface area contributed by atoms with Gasteiger partial charge in [-0.05, 0) is 34.9 Å². The minimum Gasteiger partial charge on any atom is -0.349 e. The molecule has 3 rings (SSSR count). The van der Waals surface area contributed by atoms with Crippen molar-refractivity contribution in [3.05, 3.63) is 70.0 Å². The molecule has 3 amide bonds. The average Bonchev–Trinajstić information content (AvgIpc) is 3.43. The van der Waals surface area contributed by atoms with Crippen LogP contribution < -0.4 is 16.0 Å². The first-order valence-electron chi connectivity index (χ1n) is 10.4. The zero-order chi connectivity index (χ0) is 22.2. The Hall–Kier alpha value is -3.13. The Morgan fingerprint density at radius 3 is 2.55 bits per heavy atom. The van der Waals surface area contributed by atoms with Crippen molar-refractivity contribution < 1.29 is 9.59 Å². The smallest absolute Gasteiger partial charge is 0.321 e. The second kappa shape index (κ2) is 10.8. The maximum absolute atomic E-state index is 12.5. The molecule has 0 aliphatic carbocycles. The second-order valence-electron chi connectivity index (χ2n) is 7.63. The van der Waals surface area contributed by atoms with E-state index in [1.54, 1.807) is 28.3 Å². The van der Waals surface area contributed by atoms with E-state index in [2.05, 4.69) is 59.2 Å². The van der Waals surface area contributed by atoms with E-state index in [-0.39, 0.29) is 5.91 Å². The van der Waals surface area contributed by atoms with Crippen molar-refractivity contribution >= 4 is 29.1 Å². The van der Waals surface area contributed by atoms with E-state index in [0.29, 0.717) is 31.2 Å². The molecule has 2 heterocycles. The zero-order valence-electron chi connectivity index (χ0n) is 18.1. The van der Waals surface area contributed by atoms with Crippen LogP contribution in [0.15, 0.2) is 54.0 Å². The Morgan fingerprint density at radius 2 is 1.90 bits per heavy atom. The largest absolute Gasteiger partial charge is 0.349 e. The SMILES string of the molecule is CCC(NC(=O)Nc1ccnn1Cc1ccc(C(C)C)cc1)C(=O)NCc1cccs1. The molecule has 0 saturated carbocycles. The van der Waals surface area contributed by atoms with Gasteiger partial charge in [0.1, 0.15) is 11.9 Å². The summed E-state index contributed by atoms with van der Waals surface area (Å²) in [6, 6.07) is 13.0. The number of amides is 3. The van der Waals surface area contributed by atoms with E-state index in [1.807, 2.05) is 24.4 Å². The fourth-order valence-corrected chi connectivity index (χ4v) is 3.76. The molecule has 0 aliphatic rings. The molecular formula is C23H29N5O2S.